The summed E-state index contributed by atoms with van der Waals surface area (Å²) in [5.41, 5.74) is 18.6. The molecule has 1 N–H and O–H groups in total. The van der Waals surface area contributed by atoms with E-state index in [0.29, 0.717) is 84.5 Å². The van der Waals surface area contributed by atoms with Gasteiger partial charge in [-0.15, -0.1) is 22.1 Å². The van der Waals surface area contributed by atoms with Crippen molar-refractivity contribution in [1.82, 2.24) is 19.9 Å². The summed E-state index contributed by atoms with van der Waals surface area (Å²) < 4.78 is 79.3. The minimum absolute atomic E-state index is 0. The Bertz CT molecular complexity index is 5600. The van der Waals surface area contributed by atoms with Crippen LogP contribution in [0.5, 0.6) is 0 Å². The summed E-state index contributed by atoms with van der Waals surface area (Å²) in [6.45, 7) is 36.1. The number of Topliss-reactive ketones (excluding diaryl/α,β-unsaturated/α-hetero) is 1. The number of anilines is 1. The second kappa shape index (κ2) is 41.5. The maximum atomic E-state index is 14.4. The average molecular weight is 1670 g/mol. The van der Waals surface area contributed by atoms with E-state index in [1.54, 1.807) is 0 Å². The molecule has 17 nitrogen and oxygen atoms in total. The van der Waals surface area contributed by atoms with E-state index >= 15 is 0 Å². The fourth-order valence-corrected chi connectivity index (χ4v) is 19.1. The van der Waals surface area contributed by atoms with Gasteiger partial charge in [0.1, 0.15) is 19.1 Å². The van der Waals surface area contributed by atoms with Crippen molar-refractivity contribution in [2.24, 2.45) is 17.8 Å². The van der Waals surface area contributed by atoms with Gasteiger partial charge in [-0.1, -0.05) is 245 Å². The maximum absolute atomic E-state index is 14.4. The van der Waals surface area contributed by atoms with E-state index in [9.17, 15) is 40.3 Å². The maximum Gasteiger partial charge on any atom is 2.00 e. The van der Waals surface area contributed by atoms with Crippen molar-refractivity contribution >= 4 is 139 Å². The van der Waals surface area contributed by atoms with Crippen LogP contribution < -0.4 is 44.4 Å². The number of aryl methyl sites for hydroxylation is 2. The fraction of sp³-hybridized carbons (Fsp3) is 0.449. The standard InChI is InChI=1S/C55H73N4O5.C43H48N2O6S2.Mg.Na/c1-13-39-35(8)42-28-44-37(10)41(24-25-48(60)64-27-26-34(7)23-17-22-33(6)21-16-20-32(5)19-15-18-31(3)4)52(58-44)50-51(55(62)63-12)54(61)49-38(11)45(59-53(49)50)30-47-40(14-2)36(9)43(57-47)29-46(39)56-42;1-42(2)36-26-24-32-18-10-12-20-34(32)40(36)44(28-14-16-30-52(46,47)48)38(42)22-8-6-5-7-9-23-39-43(3,4)37-27-25-33-19-11-13-21-35(33)41(37)45(39)29-15-17-31-53(49,50)51;;/h13,26,28-33,37,41,51H,1,14-25,27H2,2-12H3,(H-,56,57,58,59,61);5-13,18-27H,14-17,28-31H2,1-4H3,(H-,46,47,48,49,50,51);;/q-1;;+2;+1/p-1/b34-26+;;;/t32-,33-,37+,41+,51-;;;/m0.../s1. The Morgan fingerprint density at radius 1 is 0.731 bits per heavy atom. The van der Waals surface area contributed by atoms with Crippen molar-refractivity contribution < 1.29 is 83.9 Å². The number of unbranched alkanes of at least 4 members (excludes halogenated alkanes) is 2. The smallest absolute Gasteiger partial charge is 0.748 e. The Morgan fingerprint density at radius 2 is 1.35 bits per heavy atom. The molecule has 119 heavy (non-hydrogen) atoms. The Hall–Kier alpha value is -7.63. The SMILES string of the molecule is C=Cc1c(C)c2cc3nc(c4c5[n-]c(cc6nc(cc1[n-]2)C(C)=C6CC)c(C)c5C(=O)[C@H]4C(=O)OC)[C@H](CCC(=O)OC/C=C(\C)CCC[C@@H](C)CCC[C@@H](C)CCCC(C)C)[C@H]3C.CC1(C)C(/C=C/C=C/C=C/C=C2/N(CCCCS(=O)(=O)[O-])c3c(ccc4ccccc34)C2(C)C)=[N+](CCCCS(=O)(=O)O)c2c1ccc1ccccc21.[Mg+2].[Na+]. The van der Waals surface area contributed by atoms with Crippen LogP contribution in [0.25, 0.3) is 60.8 Å². The fourth-order valence-electron chi connectivity index (χ4n) is 18.0. The van der Waals surface area contributed by atoms with Crippen LogP contribution in [0.2, 0.25) is 0 Å². The van der Waals surface area contributed by atoms with Crippen LogP contribution in [-0.2, 0) is 50.1 Å². The first-order valence-corrected chi connectivity index (χ1v) is 45.4. The molecule has 5 aliphatic rings. The minimum Gasteiger partial charge on any atom is -0.748 e. The molecule has 12 rings (SSSR count). The summed E-state index contributed by atoms with van der Waals surface area (Å²) >= 11 is 0. The number of ketones is 1. The number of allylic oxidation sites excluding steroid dienone is 11. The number of ether oxygens (including phenoxy) is 2. The van der Waals surface area contributed by atoms with E-state index in [2.05, 4.69) is 160 Å². The van der Waals surface area contributed by atoms with Crippen LogP contribution in [0.3, 0.4) is 0 Å². The molecule has 1 aliphatic carbocycles. The van der Waals surface area contributed by atoms with Crippen molar-refractivity contribution in [2.75, 3.05) is 43.2 Å². The van der Waals surface area contributed by atoms with Gasteiger partial charge in [-0.2, -0.15) is 13.0 Å². The molecule has 0 fully saturated rings. The number of nitrogens with zero attached hydrogens (tertiary/aromatic N) is 6. The molecule has 0 radical (unpaired) electrons. The van der Waals surface area contributed by atoms with Gasteiger partial charge in [0.25, 0.3) is 10.1 Å². The number of aromatic nitrogens is 4. The molecule has 3 aromatic heterocycles. The van der Waals surface area contributed by atoms with E-state index in [-0.39, 0.29) is 112 Å². The zero-order chi connectivity index (χ0) is 84.4. The minimum atomic E-state index is -4.27. The van der Waals surface area contributed by atoms with Crippen LogP contribution in [0.4, 0.5) is 11.4 Å². The third kappa shape index (κ3) is 22.2. The van der Waals surface area contributed by atoms with Crippen LogP contribution >= 0.6 is 0 Å². The molecular formula is C98H120MgN6NaO11S2+. The van der Waals surface area contributed by atoms with E-state index in [1.807, 2.05) is 98.8 Å². The van der Waals surface area contributed by atoms with E-state index in [1.165, 1.54) is 68.8 Å². The Kier molecular flexibility index (Phi) is 33.2. The summed E-state index contributed by atoms with van der Waals surface area (Å²) in [4.78, 5) is 64.1. The van der Waals surface area contributed by atoms with Crippen molar-refractivity contribution in [3.8, 4) is 0 Å². The molecule has 8 bridgehead atoms. The first-order chi connectivity index (χ1) is 55.7. The quantitative estimate of drug-likeness (QED) is 0.00576. The Balaban J connectivity index is 0.000000271. The van der Waals surface area contributed by atoms with E-state index < -0.39 is 32.1 Å². The van der Waals surface area contributed by atoms with Gasteiger partial charge in [-0.25, -0.2) is 13.4 Å². The number of carbonyl (C=O) groups excluding carboxylic acids is 3. The van der Waals surface area contributed by atoms with Gasteiger partial charge in [-0.05, 0) is 161 Å². The first-order valence-electron chi connectivity index (χ1n) is 42.2. The zero-order valence-electron chi connectivity index (χ0n) is 73.1. The van der Waals surface area contributed by atoms with Crippen LogP contribution in [0, 0.1) is 31.6 Å². The summed E-state index contributed by atoms with van der Waals surface area (Å²) in [5, 5.41) is 4.57. The molecular weight excluding hydrogens is 1550 g/mol. The van der Waals surface area contributed by atoms with Crippen molar-refractivity contribution in [3.63, 3.8) is 0 Å². The largest absolute Gasteiger partial charge is 2.00 e. The predicted octanol–water partition coefficient (Wildman–Crippen LogP) is 18.6. The number of esters is 2. The number of benzene rings is 4. The van der Waals surface area contributed by atoms with Gasteiger partial charge in [-0.3, -0.25) is 23.9 Å². The number of hydrogen-bond donors (Lipinski definition) is 1. The van der Waals surface area contributed by atoms with Crippen molar-refractivity contribution in [3.05, 3.63) is 219 Å². The molecule has 622 valence electrons. The van der Waals surface area contributed by atoms with Crippen molar-refractivity contribution in [2.45, 2.75) is 228 Å². The van der Waals surface area contributed by atoms with Gasteiger partial charge in [0, 0.05) is 82.1 Å². The third-order valence-corrected chi connectivity index (χ3v) is 26.4. The van der Waals surface area contributed by atoms with Crippen LogP contribution in [0.1, 0.15) is 270 Å². The molecule has 7 aromatic rings. The van der Waals surface area contributed by atoms with E-state index in [0.717, 1.165) is 126 Å². The van der Waals surface area contributed by atoms with Crippen LogP contribution in [-0.4, -0.2) is 125 Å². The molecule has 21 heteroatoms. The van der Waals surface area contributed by atoms with Gasteiger partial charge >= 0.3 is 64.5 Å². The topological polar surface area (TPSA) is 241 Å². The van der Waals surface area contributed by atoms with E-state index in [4.69, 9.17) is 29.4 Å². The first kappa shape index (κ1) is 95.2. The number of fused-ring (bicyclic) bond motifs is 14. The summed E-state index contributed by atoms with van der Waals surface area (Å²) in [6.07, 6.45) is 32.6. The van der Waals surface area contributed by atoms with Gasteiger partial charge in [0.15, 0.2) is 11.5 Å². The Labute approximate surface area is 745 Å². The second-order valence-electron chi connectivity index (χ2n) is 34.4. The van der Waals surface area contributed by atoms with Gasteiger partial charge in [0.05, 0.1) is 50.9 Å². The molecule has 5 atom stereocenters. The van der Waals surface area contributed by atoms with Crippen LogP contribution in [0.15, 0.2) is 157 Å². The normalized spacial score (nSPS) is 17.7. The van der Waals surface area contributed by atoms with Gasteiger partial charge < -0.3 is 28.9 Å². The molecule has 0 saturated carbocycles. The number of methoxy groups -OCH3 is 1. The third-order valence-electron chi connectivity index (χ3n) is 24.8. The van der Waals surface area contributed by atoms with Crippen molar-refractivity contribution in [1.29, 1.82) is 0 Å². The zero-order valence-corrected chi connectivity index (χ0v) is 78.2. The monoisotopic (exact) mass is 1670 g/mol. The number of rotatable bonds is 34. The Morgan fingerprint density at radius 3 is 2.02 bits per heavy atom. The average Bonchev–Trinajstić information content (AvgIpc) is 1.58. The molecule has 0 saturated heterocycles. The van der Waals surface area contributed by atoms with Gasteiger partial charge in [0.2, 0.25) is 5.69 Å². The number of hydrogen-bond acceptors (Lipinski definition) is 13. The molecule has 4 aromatic carbocycles. The summed E-state index contributed by atoms with van der Waals surface area (Å²) in [5.74, 6) is -1.33. The molecule has 4 aliphatic heterocycles. The predicted molar refractivity (Wildman–Crippen MR) is 482 cm³/mol. The number of carbonyl (C=O) groups is 3. The second-order valence-corrected chi connectivity index (χ2v) is 37.5. The molecule has 0 spiro atoms. The molecule has 0 unspecified atom stereocenters. The molecule has 0 amide bonds. The molecule has 7 heterocycles. The summed E-state index contributed by atoms with van der Waals surface area (Å²) in [7, 11) is -6.99. The summed E-state index contributed by atoms with van der Waals surface area (Å²) in [6, 6.07) is 31.2.